The molecule has 1 saturated heterocycles. The molecule has 0 unspecified atom stereocenters. The van der Waals surface area contributed by atoms with Gasteiger partial charge in [0.2, 0.25) is 5.91 Å². The van der Waals surface area contributed by atoms with Gasteiger partial charge in [-0.05, 0) is 68.7 Å². The number of amides is 4. The van der Waals surface area contributed by atoms with Crippen LogP contribution in [0.15, 0.2) is 48.5 Å². The predicted octanol–water partition coefficient (Wildman–Crippen LogP) is 3.62. The summed E-state index contributed by atoms with van der Waals surface area (Å²) >= 11 is 5.85. The number of methoxy groups -OCH3 is 1. The molecular weight excluding hydrogens is 406 g/mol. The highest BCUT2D eigenvalue weighted by Crippen LogP contribution is 2.26. The number of rotatable bonds is 7. The first-order valence-corrected chi connectivity index (χ1v) is 9.96. The molecule has 7 nitrogen and oxygen atoms in total. The monoisotopic (exact) mass is 429 g/mol. The molecule has 2 aromatic carbocycles. The number of ether oxygens (including phenoxy) is 1. The number of carbonyl (C=O) groups is 3. The first-order chi connectivity index (χ1) is 14.2. The molecule has 1 aliphatic heterocycles. The van der Waals surface area contributed by atoms with Crippen molar-refractivity contribution < 1.29 is 19.1 Å². The van der Waals surface area contributed by atoms with Crippen LogP contribution >= 0.6 is 11.6 Å². The summed E-state index contributed by atoms with van der Waals surface area (Å²) in [6.45, 7) is 3.21. The lowest BCUT2D eigenvalue weighted by Gasteiger charge is -2.24. The molecule has 0 saturated carbocycles. The van der Waals surface area contributed by atoms with Crippen LogP contribution in [0, 0.1) is 0 Å². The Hall–Kier alpha value is -3.06. The van der Waals surface area contributed by atoms with E-state index in [1.807, 2.05) is 24.3 Å². The summed E-state index contributed by atoms with van der Waals surface area (Å²) in [7, 11) is 1.60. The Bertz CT molecular complexity index is 946. The van der Waals surface area contributed by atoms with E-state index in [2.05, 4.69) is 10.6 Å². The van der Waals surface area contributed by atoms with Gasteiger partial charge in [-0.2, -0.15) is 0 Å². The maximum absolute atomic E-state index is 13.0. The van der Waals surface area contributed by atoms with E-state index in [-0.39, 0.29) is 0 Å². The van der Waals surface area contributed by atoms with E-state index in [4.69, 9.17) is 16.3 Å². The summed E-state index contributed by atoms with van der Waals surface area (Å²) in [5.74, 6) is -0.123. The van der Waals surface area contributed by atoms with E-state index >= 15 is 0 Å². The summed E-state index contributed by atoms with van der Waals surface area (Å²) in [4.78, 5) is 39.1. The van der Waals surface area contributed by atoms with Gasteiger partial charge in [-0.25, -0.2) is 9.69 Å². The van der Waals surface area contributed by atoms with E-state index in [1.54, 1.807) is 38.3 Å². The molecule has 2 N–H and O–H groups in total. The summed E-state index contributed by atoms with van der Waals surface area (Å²) in [5.41, 5.74) is 0.475. The van der Waals surface area contributed by atoms with Crippen molar-refractivity contribution in [2.75, 3.05) is 12.4 Å². The number of nitrogens with one attached hydrogen (secondary N) is 2. The maximum atomic E-state index is 13.0. The molecule has 4 amide bonds. The smallest absolute Gasteiger partial charge is 0.325 e. The number of hydrogen-bond acceptors (Lipinski definition) is 4. The molecule has 8 heteroatoms. The van der Waals surface area contributed by atoms with Crippen molar-refractivity contribution in [3.8, 4) is 5.75 Å². The number of imide groups is 1. The minimum atomic E-state index is -1.08. The van der Waals surface area contributed by atoms with Gasteiger partial charge in [0.05, 0.1) is 7.11 Å². The molecular formula is C22H24ClN3O4. The average molecular weight is 430 g/mol. The number of halogens is 1. The molecule has 0 radical (unpaired) electrons. The van der Waals surface area contributed by atoms with E-state index in [1.165, 1.54) is 6.92 Å². The largest absolute Gasteiger partial charge is 0.497 e. The highest BCUT2D eigenvalue weighted by atomic mass is 35.5. The molecule has 0 spiro atoms. The number of carbonyl (C=O) groups excluding carboxylic acids is 3. The third kappa shape index (κ3) is 4.57. The molecule has 1 fully saturated rings. The third-order valence-electron chi connectivity index (χ3n) is 5.24. The zero-order valence-corrected chi connectivity index (χ0v) is 17.8. The molecule has 0 aliphatic carbocycles. The van der Waals surface area contributed by atoms with Crippen LogP contribution in [0.4, 0.5) is 10.5 Å². The fourth-order valence-corrected chi connectivity index (χ4v) is 3.44. The lowest BCUT2D eigenvalue weighted by Crippen LogP contribution is -2.48. The van der Waals surface area contributed by atoms with Crippen LogP contribution in [0.5, 0.6) is 5.75 Å². The number of anilines is 1. The van der Waals surface area contributed by atoms with Crippen molar-refractivity contribution in [2.24, 2.45) is 0 Å². The fourth-order valence-electron chi connectivity index (χ4n) is 3.31. The van der Waals surface area contributed by atoms with Crippen molar-refractivity contribution >= 4 is 35.1 Å². The van der Waals surface area contributed by atoms with E-state index in [0.29, 0.717) is 23.6 Å². The van der Waals surface area contributed by atoms with Gasteiger partial charge in [0.1, 0.15) is 17.3 Å². The zero-order valence-electron chi connectivity index (χ0n) is 17.1. The Morgan fingerprint density at radius 2 is 1.80 bits per heavy atom. The SMILES string of the molecule is COc1ccc(CC[C@]2(C)NC(=O)N([C@@H](C)C(=O)Nc3ccc(Cl)cc3)C2=O)cc1. The Labute approximate surface area is 180 Å². The molecule has 1 heterocycles. The van der Waals surface area contributed by atoms with Gasteiger partial charge in [0, 0.05) is 10.7 Å². The first-order valence-electron chi connectivity index (χ1n) is 9.59. The van der Waals surface area contributed by atoms with Crippen molar-refractivity contribution in [3.63, 3.8) is 0 Å². The lowest BCUT2D eigenvalue weighted by atomic mass is 9.93. The van der Waals surface area contributed by atoms with Crippen molar-refractivity contribution in [2.45, 2.75) is 38.3 Å². The van der Waals surface area contributed by atoms with Gasteiger partial charge in [-0.3, -0.25) is 9.59 Å². The van der Waals surface area contributed by atoms with Gasteiger partial charge in [-0.15, -0.1) is 0 Å². The molecule has 2 aromatic rings. The first kappa shape index (κ1) is 21.6. The highest BCUT2D eigenvalue weighted by molar-refractivity contribution is 6.30. The van der Waals surface area contributed by atoms with Crippen LogP contribution in [0.25, 0.3) is 0 Å². The van der Waals surface area contributed by atoms with Gasteiger partial charge >= 0.3 is 6.03 Å². The molecule has 158 valence electrons. The number of urea groups is 1. The van der Waals surface area contributed by atoms with Crippen molar-refractivity contribution in [3.05, 3.63) is 59.1 Å². The van der Waals surface area contributed by atoms with Crippen LogP contribution in [-0.4, -0.2) is 41.4 Å². The Kier molecular flexibility index (Phi) is 6.31. The number of nitrogens with zero attached hydrogens (tertiary/aromatic N) is 1. The van der Waals surface area contributed by atoms with E-state index < -0.39 is 29.4 Å². The van der Waals surface area contributed by atoms with Crippen molar-refractivity contribution in [1.29, 1.82) is 0 Å². The molecule has 3 rings (SSSR count). The average Bonchev–Trinajstić information content (AvgIpc) is 2.96. The van der Waals surface area contributed by atoms with E-state index in [9.17, 15) is 14.4 Å². The summed E-state index contributed by atoms with van der Waals surface area (Å²) < 4.78 is 5.15. The van der Waals surface area contributed by atoms with Gasteiger partial charge in [-0.1, -0.05) is 23.7 Å². The molecule has 30 heavy (non-hydrogen) atoms. The highest BCUT2D eigenvalue weighted by Gasteiger charge is 2.50. The van der Waals surface area contributed by atoms with Crippen LogP contribution in [0.1, 0.15) is 25.8 Å². The predicted molar refractivity (Wildman–Crippen MR) is 115 cm³/mol. The summed E-state index contributed by atoms with van der Waals surface area (Å²) in [5, 5.41) is 5.99. The maximum Gasteiger partial charge on any atom is 0.325 e. The van der Waals surface area contributed by atoms with Gasteiger partial charge in [0.15, 0.2) is 0 Å². The lowest BCUT2D eigenvalue weighted by molar-refractivity contribution is -0.136. The summed E-state index contributed by atoms with van der Waals surface area (Å²) in [6.07, 6.45) is 0.998. The second-order valence-electron chi connectivity index (χ2n) is 7.46. The third-order valence-corrected chi connectivity index (χ3v) is 5.50. The second kappa shape index (κ2) is 8.75. The van der Waals surface area contributed by atoms with Crippen LogP contribution in [0.2, 0.25) is 5.02 Å². The van der Waals surface area contributed by atoms with E-state index in [0.717, 1.165) is 16.2 Å². The van der Waals surface area contributed by atoms with Crippen LogP contribution in [0.3, 0.4) is 0 Å². The van der Waals surface area contributed by atoms with Crippen molar-refractivity contribution in [1.82, 2.24) is 10.2 Å². The second-order valence-corrected chi connectivity index (χ2v) is 7.89. The minimum absolute atomic E-state index is 0.409. The van der Waals surface area contributed by atoms with Crippen LogP contribution < -0.4 is 15.4 Å². The Balaban J connectivity index is 1.65. The number of hydrogen-bond donors (Lipinski definition) is 2. The normalized spacial score (nSPS) is 19.4. The quantitative estimate of drug-likeness (QED) is 0.658. The molecule has 0 aromatic heterocycles. The minimum Gasteiger partial charge on any atom is -0.497 e. The summed E-state index contributed by atoms with van der Waals surface area (Å²) in [6, 6.07) is 12.6. The fraction of sp³-hybridized carbons (Fsp3) is 0.318. The Morgan fingerprint density at radius 1 is 1.17 bits per heavy atom. The number of benzene rings is 2. The Morgan fingerprint density at radius 3 is 2.40 bits per heavy atom. The zero-order chi connectivity index (χ0) is 21.9. The van der Waals surface area contributed by atoms with Gasteiger partial charge in [0.25, 0.3) is 5.91 Å². The topological polar surface area (TPSA) is 87.7 Å². The molecule has 0 bridgehead atoms. The standard InChI is InChI=1S/C22H24ClN3O4/c1-14(19(27)24-17-8-6-16(23)7-9-17)26-20(28)22(2,25-21(26)29)13-12-15-4-10-18(30-3)11-5-15/h4-11,14H,12-13H2,1-3H3,(H,24,27)(H,25,29)/t14-,22-/m0/s1. The molecule has 2 atom stereocenters. The molecule has 1 aliphatic rings. The number of aryl methyl sites for hydroxylation is 1. The van der Waals surface area contributed by atoms with Gasteiger partial charge < -0.3 is 15.4 Å². The van der Waals surface area contributed by atoms with Crippen LogP contribution in [-0.2, 0) is 16.0 Å².